The number of ether oxygens (including phenoxy) is 1. The molecule has 1 heterocycles. The number of carbonyl (C=O) groups excluding carboxylic acids is 1. The molecule has 1 amide bonds. The fourth-order valence-electron chi connectivity index (χ4n) is 2.80. The van der Waals surface area contributed by atoms with Gasteiger partial charge in [-0.15, -0.1) is 0 Å². The van der Waals surface area contributed by atoms with Crippen LogP contribution in [0, 0.1) is 0 Å². The van der Waals surface area contributed by atoms with Crippen molar-refractivity contribution >= 4 is 21.9 Å². The zero-order valence-corrected chi connectivity index (χ0v) is 15.7. The van der Waals surface area contributed by atoms with Crippen LogP contribution in [0.5, 0.6) is 0 Å². The first-order valence-electron chi connectivity index (χ1n) is 8.46. The van der Waals surface area contributed by atoms with Crippen LogP contribution in [0.3, 0.4) is 0 Å². The lowest BCUT2D eigenvalue weighted by atomic mass is 10.2. The monoisotopic (exact) mass is 384 g/mol. The molecule has 0 aromatic heterocycles. The maximum absolute atomic E-state index is 12.7. The number of morpholine rings is 1. The summed E-state index contributed by atoms with van der Waals surface area (Å²) in [6.45, 7) is 4.48. The molecule has 8 nitrogen and oxygen atoms in total. The van der Waals surface area contributed by atoms with Gasteiger partial charge in [-0.2, -0.15) is 4.31 Å². The Morgan fingerprint density at radius 2 is 1.77 bits per heavy atom. The van der Waals surface area contributed by atoms with E-state index in [1.807, 2.05) is 13.8 Å². The van der Waals surface area contributed by atoms with Crippen molar-refractivity contribution in [3.05, 3.63) is 29.8 Å². The molecule has 1 aromatic carbocycles. The highest BCUT2D eigenvalue weighted by atomic mass is 32.2. The van der Waals surface area contributed by atoms with Gasteiger partial charge < -0.3 is 15.2 Å². The number of hydrogen-bond acceptors (Lipinski definition) is 5. The Morgan fingerprint density at radius 3 is 2.31 bits per heavy atom. The second-order valence-electron chi connectivity index (χ2n) is 6.36. The van der Waals surface area contributed by atoms with Crippen LogP contribution in [0.25, 0.3) is 0 Å². The van der Waals surface area contributed by atoms with Crippen molar-refractivity contribution in [2.24, 2.45) is 0 Å². The number of amides is 1. The van der Waals surface area contributed by atoms with E-state index >= 15 is 0 Å². The van der Waals surface area contributed by atoms with Crippen LogP contribution in [0.1, 0.15) is 37.0 Å². The van der Waals surface area contributed by atoms with Gasteiger partial charge in [-0.3, -0.25) is 9.59 Å². The fraction of sp³-hybridized carbons (Fsp3) is 0.529. The minimum absolute atomic E-state index is 0.0200. The van der Waals surface area contributed by atoms with E-state index in [9.17, 15) is 18.0 Å². The summed E-state index contributed by atoms with van der Waals surface area (Å²) in [6.07, 6.45) is -0.0387. The molecular formula is C17H24N2O6S. The molecule has 0 spiro atoms. The van der Waals surface area contributed by atoms with Crippen LogP contribution >= 0.6 is 0 Å². The van der Waals surface area contributed by atoms with Crippen LogP contribution in [0.2, 0.25) is 0 Å². The molecule has 1 aliphatic heterocycles. The van der Waals surface area contributed by atoms with Gasteiger partial charge in [0.2, 0.25) is 10.0 Å². The molecule has 1 aromatic rings. The first-order valence-corrected chi connectivity index (χ1v) is 9.90. The first kappa shape index (κ1) is 20.3. The van der Waals surface area contributed by atoms with E-state index in [0.717, 1.165) is 0 Å². The van der Waals surface area contributed by atoms with Crippen LogP contribution in [-0.4, -0.2) is 61.5 Å². The third-order valence-corrected chi connectivity index (χ3v) is 5.84. The lowest BCUT2D eigenvalue weighted by Crippen LogP contribution is -2.48. The van der Waals surface area contributed by atoms with E-state index in [1.165, 1.54) is 28.6 Å². The van der Waals surface area contributed by atoms with E-state index in [-0.39, 0.29) is 36.0 Å². The normalized spacial score (nSPS) is 21.3. The maximum atomic E-state index is 12.7. The summed E-state index contributed by atoms with van der Waals surface area (Å²) in [4.78, 5) is 22.6. The number of carboxylic acid groups (broad SMARTS) is 1. The number of aliphatic carboxylic acids is 1. The van der Waals surface area contributed by atoms with Crippen LogP contribution in [-0.2, 0) is 19.6 Å². The van der Waals surface area contributed by atoms with E-state index in [2.05, 4.69) is 5.32 Å². The number of nitrogens with one attached hydrogen (secondary N) is 1. The molecule has 0 aliphatic carbocycles. The third kappa shape index (κ3) is 5.26. The molecule has 0 radical (unpaired) electrons. The highest BCUT2D eigenvalue weighted by Crippen LogP contribution is 2.21. The summed E-state index contributed by atoms with van der Waals surface area (Å²) in [5.41, 5.74) is 0.322. The van der Waals surface area contributed by atoms with Gasteiger partial charge in [0.15, 0.2) is 0 Å². The minimum atomic E-state index is -3.64. The largest absolute Gasteiger partial charge is 0.481 e. The first-order chi connectivity index (χ1) is 12.2. The van der Waals surface area contributed by atoms with Gasteiger partial charge in [0, 0.05) is 31.6 Å². The van der Waals surface area contributed by atoms with Gasteiger partial charge in [0.05, 0.1) is 17.1 Å². The molecule has 1 saturated heterocycles. The summed E-state index contributed by atoms with van der Waals surface area (Å²) in [5.74, 6) is -1.28. The summed E-state index contributed by atoms with van der Waals surface area (Å²) >= 11 is 0. The van der Waals surface area contributed by atoms with E-state index in [4.69, 9.17) is 9.84 Å². The Hall–Kier alpha value is -1.97. The lowest BCUT2D eigenvalue weighted by Gasteiger charge is -2.34. The van der Waals surface area contributed by atoms with Crippen molar-refractivity contribution in [2.45, 2.75) is 43.8 Å². The van der Waals surface area contributed by atoms with Crippen molar-refractivity contribution in [2.75, 3.05) is 19.6 Å². The number of sulfonamides is 1. The standard InChI is InChI=1S/C17H24N2O6S/c1-12-10-19(11-13(2)25-12)26(23,24)15-7-5-14(6-8-15)17(22)18-9-3-4-16(20)21/h5-8,12-13H,3-4,9-11H2,1-2H3,(H,18,22)(H,20,21). The van der Waals surface area contributed by atoms with Crippen LogP contribution in [0.4, 0.5) is 0 Å². The Morgan fingerprint density at radius 1 is 1.19 bits per heavy atom. The molecule has 9 heteroatoms. The van der Waals surface area contributed by atoms with Crippen LogP contribution < -0.4 is 5.32 Å². The highest BCUT2D eigenvalue weighted by molar-refractivity contribution is 7.89. The average molecular weight is 384 g/mol. The summed E-state index contributed by atoms with van der Waals surface area (Å²) < 4.78 is 32.5. The van der Waals surface area contributed by atoms with E-state index in [1.54, 1.807) is 0 Å². The topological polar surface area (TPSA) is 113 Å². The quantitative estimate of drug-likeness (QED) is 0.680. The van der Waals surface area contributed by atoms with Crippen molar-refractivity contribution in [1.29, 1.82) is 0 Å². The van der Waals surface area contributed by atoms with Gasteiger partial charge in [-0.05, 0) is 44.5 Å². The molecule has 2 rings (SSSR count). The molecule has 2 atom stereocenters. The molecule has 2 unspecified atom stereocenters. The third-order valence-electron chi connectivity index (χ3n) is 3.99. The molecule has 0 bridgehead atoms. The smallest absolute Gasteiger partial charge is 0.303 e. The van der Waals surface area contributed by atoms with Gasteiger partial charge in [-0.1, -0.05) is 0 Å². The lowest BCUT2D eigenvalue weighted by molar-refractivity contribution is -0.137. The Bertz CT molecular complexity index is 737. The SMILES string of the molecule is CC1CN(S(=O)(=O)c2ccc(C(=O)NCCCC(=O)O)cc2)CC(C)O1. The van der Waals surface area contributed by atoms with Gasteiger partial charge in [0.1, 0.15) is 0 Å². The van der Waals surface area contributed by atoms with Crippen LogP contribution in [0.15, 0.2) is 29.2 Å². The van der Waals surface area contributed by atoms with Crippen molar-refractivity contribution in [1.82, 2.24) is 9.62 Å². The Kier molecular flexibility index (Phi) is 6.74. The Balaban J connectivity index is 2.01. The second kappa shape index (κ2) is 8.61. The average Bonchev–Trinajstić information content (AvgIpc) is 2.57. The minimum Gasteiger partial charge on any atom is -0.481 e. The predicted octanol–water partition coefficient (Wildman–Crippen LogP) is 1.08. The van der Waals surface area contributed by atoms with Crippen molar-refractivity contribution in [3.63, 3.8) is 0 Å². The second-order valence-corrected chi connectivity index (χ2v) is 8.29. The van der Waals surface area contributed by atoms with Crippen molar-refractivity contribution < 1.29 is 27.9 Å². The van der Waals surface area contributed by atoms with Gasteiger partial charge in [0.25, 0.3) is 5.91 Å². The predicted molar refractivity (Wildman–Crippen MR) is 94.4 cm³/mol. The van der Waals surface area contributed by atoms with Gasteiger partial charge in [-0.25, -0.2) is 8.42 Å². The number of hydrogen-bond donors (Lipinski definition) is 2. The maximum Gasteiger partial charge on any atom is 0.303 e. The number of benzene rings is 1. The molecular weight excluding hydrogens is 360 g/mol. The Labute approximate surface area is 153 Å². The highest BCUT2D eigenvalue weighted by Gasteiger charge is 2.32. The van der Waals surface area contributed by atoms with Gasteiger partial charge >= 0.3 is 5.97 Å². The zero-order chi connectivity index (χ0) is 19.3. The summed E-state index contributed by atoms with van der Waals surface area (Å²) in [5, 5.41) is 11.2. The molecule has 1 fully saturated rings. The zero-order valence-electron chi connectivity index (χ0n) is 14.8. The fourth-order valence-corrected chi connectivity index (χ4v) is 4.39. The molecule has 26 heavy (non-hydrogen) atoms. The molecule has 0 saturated carbocycles. The number of nitrogens with zero attached hydrogens (tertiary/aromatic N) is 1. The van der Waals surface area contributed by atoms with E-state index < -0.39 is 16.0 Å². The van der Waals surface area contributed by atoms with E-state index in [0.29, 0.717) is 25.1 Å². The number of rotatable bonds is 7. The van der Waals surface area contributed by atoms with Crippen molar-refractivity contribution in [3.8, 4) is 0 Å². The number of carboxylic acids is 1. The molecule has 2 N–H and O–H groups in total. The molecule has 144 valence electrons. The summed E-state index contributed by atoms with van der Waals surface area (Å²) in [6, 6.07) is 5.72. The molecule has 1 aliphatic rings. The summed E-state index contributed by atoms with van der Waals surface area (Å²) in [7, 11) is -3.64. The number of carbonyl (C=O) groups is 2.